The lowest BCUT2D eigenvalue weighted by Gasteiger charge is -2.20. The van der Waals surface area contributed by atoms with Crippen LogP contribution >= 0.6 is 0 Å². The van der Waals surface area contributed by atoms with Crippen molar-refractivity contribution in [3.8, 4) is 0 Å². The quantitative estimate of drug-likeness (QED) is 0.439. The van der Waals surface area contributed by atoms with Crippen LogP contribution < -0.4 is 11.5 Å². The summed E-state index contributed by atoms with van der Waals surface area (Å²) in [4.78, 5) is 1.95. The Labute approximate surface area is 91.4 Å². The Morgan fingerprint density at radius 3 is 1.80 bits per heavy atom. The van der Waals surface area contributed by atoms with Gasteiger partial charge < -0.3 is 16.4 Å². The van der Waals surface area contributed by atoms with Gasteiger partial charge in [0.05, 0.1) is 5.75 Å². The van der Waals surface area contributed by atoms with Crippen molar-refractivity contribution in [2.24, 2.45) is 11.5 Å². The smallest absolute Gasteiger partial charge is 0.266 e. The molecular formula is C8H21N3O3S. The second-order valence-electron chi connectivity index (χ2n) is 3.41. The van der Waals surface area contributed by atoms with E-state index in [2.05, 4.69) is 0 Å². The summed E-state index contributed by atoms with van der Waals surface area (Å²) in [7, 11) is -3.87. The Morgan fingerprint density at radius 2 is 1.47 bits per heavy atom. The second kappa shape index (κ2) is 8.00. The molecular weight excluding hydrogens is 218 g/mol. The standard InChI is InChI=1S/C8H21N3O3S/c9-3-1-5-11(6-2-4-10)7-8-15(12,13)14/h1-10H2,(H,12,13,14). The zero-order chi connectivity index (χ0) is 11.7. The molecule has 0 aliphatic heterocycles. The third-order valence-electron chi connectivity index (χ3n) is 2.02. The van der Waals surface area contributed by atoms with Crippen molar-refractivity contribution in [2.75, 3.05) is 38.5 Å². The summed E-state index contributed by atoms with van der Waals surface area (Å²) in [5.41, 5.74) is 10.7. The van der Waals surface area contributed by atoms with E-state index >= 15 is 0 Å². The van der Waals surface area contributed by atoms with Crippen molar-refractivity contribution in [2.45, 2.75) is 12.8 Å². The van der Waals surface area contributed by atoms with Crippen LogP contribution in [0.2, 0.25) is 0 Å². The van der Waals surface area contributed by atoms with Gasteiger partial charge in [-0.05, 0) is 39.0 Å². The van der Waals surface area contributed by atoms with Gasteiger partial charge in [0, 0.05) is 6.54 Å². The fourth-order valence-corrected chi connectivity index (χ4v) is 1.70. The zero-order valence-corrected chi connectivity index (χ0v) is 9.75. The molecule has 0 unspecified atom stereocenters. The summed E-state index contributed by atoms with van der Waals surface area (Å²) in [6, 6.07) is 0. The average Bonchev–Trinajstić information content (AvgIpc) is 2.15. The molecule has 0 rings (SSSR count). The van der Waals surface area contributed by atoms with Gasteiger partial charge >= 0.3 is 0 Å². The Kier molecular flexibility index (Phi) is 7.89. The first-order valence-electron chi connectivity index (χ1n) is 5.07. The zero-order valence-electron chi connectivity index (χ0n) is 8.93. The normalized spacial score (nSPS) is 12.3. The Hall–Kier alpha value is -0.210. The van der Waals surface area contributed by atoms with Gasteiger partial charge in [0.25, 0.3) is 10.1 Å². The van der Waals surface area contributed by atoms with Gasteiger partial charge in [-0.2, -0.15) is 8.42 Å². The van der Waals surface area contributed by atoms with Crippen LogP contribution in [0.3, 0.4) is 0 Å². The molecule has 0 heterocycles. The minimum Gasteiger partial charge on any atom is -0.330 e. The predicted molar refractivity (Wildman–Crippen MR) is 60.2 cm³/mol. The summed E-state index contributed by atoms with van der Waals surface area (Å²) in [5.74, 6) is -0.234. The molecule has 0 aromatic rings. The van der Waals surface area contributed by atoms with Crippen LogP contribution in [0, 0.1) is 0 Å². The molecule has 0 fully saturated rings. The molecule has 6 nitrogen and oxygen atoms in total. The minimum absolute atomic E-state index is 0.234. The summed E-state index contributed by atoms with van der Waals surface area (Å²) in [5, 5.41) is 0. The fraction of sp³-hybridized carbons (Fsp3) is 1.00. The molecule has 0 aliphatic rings. The van der Waals surface area contributed by atoms with Crippen molar-refractivity contribution in [1.82, 2.24) is 4.90 Å². The van der Waals surface area contributed by atoms with Gasteiger partial charge in [-0.25, -0.2) is 0 Å². The molecule has 0 aliphatic carbocycles. The van der Waals surface area contributed by atoms with Crippen molar-refractivity contribution < 1.29 is 13.0 Å². The van der Waals surface area contributed by atoms with Crippen molar-refractivity contribution in [1.29, 1.82) is 0 Å². The van der Waals surface area contributed by atoms with Crippen molar-refractivity contribution >= 4 is 10.1 Å². The van der Waals surface area contributed by atoms with E-state index in [0.717, 1.165) is 25.9 Å². The van der Waals surface area contributed by atoms with E-state index in [-0.39, 0.29) is 5.75 Å². The number of rotatable bonds is 9. The van der Waals surface area contributed by atoms with E-state index in [4.69, 9.17) is 16.0 Å². The maximum Gasteiger partial charge on any atom is 0.266 e. The lowest BCUT2D eigenvalue weighted by Crippen LogP contribution is -2.33. The molecule has 0 aromatic heterocycles. The first kappa shape index (κ1) is 14.8. The summed E-state index contributed by atoms with van der Waals surface area (Å²) in [6.45, 7) is 2.97. The lowest BCUT2D eigenvalue weighted by atomic mass is 10.3. The maximum atomic E-state index is 10.6. The Bertz CT molecular complexity index is 236. The molecule has 0 amide bonds. The van der Waals surface area contributed by atoms with Crippen LogP contribution in [0.1, 0.15) is 12.8 Å². The molecule has 0 atom stereocenters. The molecule has 0 aromatic carbocycles. The van der Waals surface area contributed by atoms with Gasteiger partial charge in [0.2, 0.25) is 0 Å². The van der Waals surface area contributed by atoms with Crippen LogP contribution in [0.25, 0.3) is 0 Å². The van der Waals surface area contributed by atoms with Gasteiger partial charge in [-0.3, -0.25) is 4.55 Å². The highest BCUT2D eigenvalue weighted by atomic mass is 32.2. The third-order valence-corrected chi connectivity index (χ3v) is 2.72. The molecule has 5 N–H and O–H groups in total. The molecule has 92 valence electrons. The third kappa shape index (κ3) is 10.1. The Morgan fingerprint density at radius 1 is 1.00 bits per heavy atom. The van der Waals surface area contributed by atoms with E-state index in [9.17, 15) is 8.42 Å². The van der Waals surface area contributed by atoms with Gasteiger partial charge in [0.15, 0.2) is 0 Å². The highest BCUT2D eigenvalue weighted by molar-refractivity contribution is 7.85. The molecule has 0 saturated carbocycles. The first-order valence-corrected chi connectivity index (χ1v) is 6.68. The number of hydrogen-bond acceptors (Lipinski definition) is 5. The highest BCUT2D eigenvalue weighted by Crippen LogP contribution is 1.95. The molecule has 7 heteroatoms. The number of hydrogen-bond donors (Lipinski definition) is 3. The number of nitrogens with two attached hydrogens (primary N) is 2. The fourth-order valence-electron chi connectivity index (χ4n) is 1.21. The average molecular weight is 239 g/mol. The maximum absolute atomic E-state index is 10.6. The van der Waals surface area contributed by atoms with Crippen LogP contribution in [-0.2, 0) is 10.1 Å². The summed E-state index contributed by atoms with van der Waals surface area (Å²) in [6.07, 6.45) is 1.63. The van der Waals surface area contributed by atoms with Gasteiger partial charge in [-0.1, -0.05) is 0 Å². The topological polar surface area (TPSA) is 110 Å². The van der Waals surface area contributed by atoms with Crippen LogP contribution in [0.4, 0.5) is 0 Å². The van der Waals surface area contributed by atoms with Crippen LogP contribution in [0.5, 0.6) is 0 Å². The van der Waals surface area contributed by atoms with Crippen LogP contribution in [-0.4, -0.2) is 56.3 Å². The second-order valence-corrected chi connectivity index (χ2v) is 4.98. The molecule has 0 spiro atoms. The highest BCUT2D eigenvalue weighted by Gasteiger charge is 2.09. The van der Waals surface area contributed by atoms with E-state index < -0.39 is 10.1 Å². The van der Waals surface area contributed by atoms with E-state index in [0.29, 0.717) is 19.6 Å². The lowest BCUT2D eigenvalue weighted by molar-refractivity contribution is 0.283. The molecule has 0 radical (unpaired) electrons. The molecule has 0 saturated heterocycles. The van der Waals surface area contributed by atoms with E-state index in [1.807, 2.05) is 4.90 Å². The Balaban J connectivity index is 3.89. The number of nitrogens with zero attached hydrogens (tertiary/aromatic N) is 1. The monoisotopic (exact) mass is 239 g/mol. The van der Waals surface area contributed by atoms with Gasteiger partial charge in [-0.15, -0.1) is 0 Å². The first-order chi connectivity index (χ1) is 6.99. The SMILES string of the molecule is NCCCN(CCCN)CCS(=O)(=O)O. The van der Waals surface area contributed by atoms with Crippen molar-refractivity contribution in [3.05, 3.63) is 0 Å². The largest absolute Gasteiger partial charge is 0.330 e. The predicted octanol–water partition coefficient (Wildman–Crippen LogP) is -1.13. The molecule has 15 heavy (non-hydrogen) atoms. The summed E-state index contributed by atoms with van der Waals surface area (Å²) < 4.78 is 29.7. The van der Waals surface area contributed by atoms with Gasteiger partial charge in [0.1, 0.15) is 0 Å². The van der Waals surface area contributed by atoms with E-state index in [1.165, 1.54) is 0 Å². The van der Waals surface area contributed by atoms with Crippen molar-refractivity contribution in [3.63, 3.8) is 0 Å². The molecule has 0 bridgehead atoms. The summed E-state index contributed by atoms with van der Waals surface area (Å²) >= 11 is 0. The van der Waals surface area contributed by atoms with E-state index in [1.54, 1.807) is 0 Å². The minimum atomic E-state index is -3.87. The van der Waals surface area contributed by atoms with Crippen LogP contribution in [0.15, 0.2) is 0 Å².